The summed E-state index contributed by atoms with van der Waals surface area (Å²) in [5.74, 6) is 1.38. The number of carbonyl (C=O) groups excluding carboxylic acids is 1. The van der Waals surface area contributed by atoms with E-state index in [0.717, 1.165) is 38.6 Å². The highest BCUT2D eigenvalue weighted by Gasteiger charge is 2.62. The van der Waals surface area contributed by atoms with Crippen molar-refractivity contribution in [3.63, 3.8) is 0 Å². The van der Waals surface area contributed by atoms with Gasteiger partial charge in [0, 0.05) is 38.1 Å². The standard InChI is InChI=1S/C25H36N2O.ClH/c1-23-12-21-13-24(2,17-23)19-25(14-21,18-23)22(28)16-27-10-8-26(9-11-27)15-20-6-4-3-5-7-20;/h3-7,21H,8-19H2,1-2H3;1H. The molecule has 1 saturated heterocycles. The van der Waals surface area contributed by atoms with Gasteiger partial charge < -0.3 is 0 Å². The molecule has 1 aliphatic heterocycles. The molecule has 0 aromatic heterocycles. The Hall–Kier alpha value is -0.900. The maximum absolute atomic E-state index is 13.6. The van der Waals surface area contributed by atoms with Crippen LogP contribution in [0, 0.1) is 22.2 Å². The summed E-state index contributed by atoms with van der Waals surface area (Å²) in [4.78, 5) is 18.5. The van der Waals surface area contributed by atoms with E-state index < -0.39 is 0 Å². The first-order chi connectivity index (χ1) is 13.4. The maximum atomic E-state index is 13.6. The fraction of sp³-hybridized carbons (Fsp3) is 0.720. The molecule has 5 fully saturated rings. The van der Waals surface area contributed by atoms with E-state index in [-0.39, 0.29) is 17.8 Å². The summed E-state index contributed by atoms with van der Waals surface area (Å²) in [6, 6.07) is 10.8. The summed E-state index contributed by atoms with van der Waals surface area (Å²) in [7, 11) is 0. The molecule has 3 nitrogen and oxygen atoms in total. The maximum Gasteiger partial charge on any atom is 0.153 e. The molecule has 0 N–H and O–H groups in total. The summed E-state index contributed by atoms with van der Waals surface area (Å²) < 4.78 is 0. The molecule has 4 bridgehead atoms. The van der Waals surface area contributed by atoms with Crippen molar-refractivity contribution in [2.75, 3.05) is 32.7 Å². The Balaban J connectivity index is 0.00000205. The molecule has 1 aromatic carbocycles. The number of hydrogen-bond acceptors (Lipinski definition) is 3. The van der Waals surface area contributed by atoms with Crippen LogP contribution < -0.4 is 0 Å². The zero-order valence-electron chi connectivity index (χ0n) is 18.2. The summed E-state index contributed by atoms with van der Waals surface area (Å²) in [6.45, 7) is 10.9. The molecule has 0 amide bonds. The van der Waals surface area contributed by atoms with E-state index in [2.05, 4.69) is 54.0 Å². The molecule has 2 unspecified atom stereocenters. The number of Topliss-reactive ketones (excluding diaryl/α,β-unsaturated/α-hetero) is 1. The Labute approximate surface area is 182 Å². The second-order valence-corrected chi connectivity index (χ2v) is 11.4. The molecule has 5 aliphatic rings. The van der Waals surface area contributed by atoms with E-state index in [0.29, 0.717) is 23.2 Å². The van der Waals surface area contributed by atoms with Crippen LogP contribution in [0.25, 0.3) is 0 Å². The number of hydrogen-bond donors (Lipinski definition) is 0. The molecule has 4 saturated carbocycles. The van der Waals surface area contributed by atoms with Gasteiger partial charge in [-0.05, 0) is 60.8 Å². The predicted molar refractivity (Wildman–Crippen MR) is 120 cm³/mol. The van der Waals surface area contributed by atoms with E-state index in [1.165, 1.54) is 44.1 Å². The van der Waals surface area contributed by atoms with E-state index in [9.17, 15) is 4.79 Å². The second-order valence-electron chi connectivity index (χ2n) is 11.4. The monoisotopic (exact) mass is 416 g/mol. The Kier molecular flexibility index (Phi) is 5.63. The first-order valence-corrected chi connectivity index (χ1v) is 11.4. The average Bonchev–Trinajstić information content (AvgIpc) is 2.61. The average molecular weight is 417 g/mol. The predicted octanol–water partition coefficient (Wildman–Crippen LogP) is 4.79. The Morgan fingerprint density at radius 1 is 0.897 bits per heavy atom. The number of carbonyl (C=O) groups is 1. The highest BCUT2D eigenvalue weighted by molar-refractivity contribution is 5.87. The lowest BCUT2D eigenvalue weighted by atomic mass is 9.39. The molecule has 0 radical (unpaired) electrons. The summed E-state index contributed by atoms with van der Waals surface area (Å²) >= 11 is 0. The van der Waals surface area contributed by atoms with E-state index in [1.807, 2.05) is 0 Å². The SMILES string of the molecule is CC12CC3CC(C)(C1)CC(C(=O)CN1CCN(Cc4ccccc4)CC1)(C3)C2.Cl. The van der Waals surface area contributed by atoms with Gasteiger partial charge in [-0.15, -0.1) is 12.4 Å². The van der Waals surface area contributed by atoms with Crippen molar-refractivity contribution in [3.8, 4) is 0 Å². The lowest BCUT2D eigenvalue weighted by Crippen LogP contribution is -2.59. The van der Waals surface area contributed by atoms with Crippen LogP contribution in [0.4, 0.5) is 0 Å². The van der Waals surface area contributed by atoms with Crippen LogP contribution in [-0.4, -0.2) is 48.3 Å². The minimum atomic E-state index is 0. The summed E-state index contributed by atoms with van der Waals surface area (Å²) in [5, 5.41) is 0. The van der Waals surface area contributed by atoms with Gasteiger partial charge in [-0.25, -0.2) is 0 Å². The topological polar surface area (TPSA) is 23.6 Å². The van der Waals surface area contributed by atoms with Gasteiger partial charge in [0.15, 0.2) is 5.78 Å². The van der Waals surface area contributed by atoms with Gasteiger partial charge in [0.1, 0.15) is 0 Å². The van der Waals surface area contributed by atoms with Crippen LogP contribution in [0.15, 0.2) is 30.3 Å². The second kappa shape index (κ2) is 7.66. The molecule has 1 heterocycles. The fourth-order valence-corrected chi connectivity index (χ4v) is 8.08. The van der Waals surface area contributed by atoms with E-state index in [1.54, 1.807) is 0 Å². The van der Waals surface area contributed by atoms with Crippen molar-refractivity contribution in [1.82, 2.24) is 9.80 Å². The zero-order valence-corrected chi connectivity index (χ0v) is 19.0. The third-order valence-electron chi connectivity index (χ3n) is 8.30. The number of piperazine rings is 1. The van der Waals surface area contributed by atoms with E-state index in [4.69, 9.17) is 0 Å². The van der Waals surface area contributed by atoms with Gasteiger partial charge in [-0.3, -0.25) is 14.6 Å². The zero-order chi connectivity index (χ0) is 19.4. The van der Waals surface area contributed by atoms with Crippen molar-refractivity contribution in [1.29, 1.82) is 0 Å². The molecular formula is C25H37ClN2O. The molecule has 4 heteroatoms. The minimum absolute atomic E-state index is 0. The van der Waals surface area contributed by atoms with Gasteiger partial charge in [0.05, 0.1) is 6.54 Å². The Bertz CT molecular complexity index is 724. The number of nitrogens with zero attached hydrogens (tertiary/aromatic N) is 2. The number of halogens is 1. The molecule has 6 rings (SSSR count). The first-order valence-electron chi connectivity index (χ1n) is 11.4. The third-order valence-corrected chi connectivity index (χ3v) is 8.30. The molecule has 0 spiro atoms. The van der Waals surface area contributed by atoms with Crippen LogP contribution in [0.1, 0.15) is 57.9 Å². The lowest BCUT2D eigenvalue weighted by molar-refractivity contribution is -0.169. The van der Waals surface area contributed by atoms with Crippen molar-refractivity contribution < 1.29 is 4.79 Å². The number of ketones is 1. The van der Waals surface area contributed by atoms with Gasteiger partial charge in [0.2, 0.25) is 0 Å². The summed E-state index contributed by atoms with van der Waals surface area (Å²) in [6.07, 6.45) is 7.61. The highest BCUT2D eigenvalue weighted by atomic mass is 35.5. The first kappa shape index (κ1) is 21.3. The van der Waals surface area contributed by atoms with Crippen LogP contribution in [-0.2, 0) is 11.3 Å². The number of benzene rings is 1. The largest absolute Gasteiger partial charge is 0.298 e. The molecular weight excluding hydrogens is 380 g/mol. The van der Waals surface area contributed by atoms with Gasteiger partial charge in [-0.1, -0.05) is 44.2 Å². The molecule has 29 heavy (non-hydrogen) atoms. The van der Waals surface area contributed by atoms with Crippen LogP contribution in [0.5, 0.6) is 0 Å². The summed E-state index contributed by atoms with van der Waals surface area (Å²) in [5.41, 5.74) is 2.25. The smallest absolute Gasteiger partial charge is 0.153 e. The van der Waals surface area contributed by atoms with Crippen molar-refractivity contribution in [2.24, 2.45) is 22.2 Å². The van der Waals surface area contributed by atoms with Crippen LogP contribution in [0.2, 0.25) is 0 Å². The van der Waals surface area contributed by atoms with Gasteiger partial charge in [-0.2, -0.15) is 0 Å². The fourth-order valence-electron chi connectivity index (χ4n) is 8.08. The molecule has 160 valence electrons. The Morgan fingerprint density at radius 3 is 2.07 bits per heavy atom. The van der Waals surface area contributed by atoms with Crippen molar-refractivity contribution in [3.05, 3.63) is 35.9 Å². The Morgan fingerprint density at radius 2 is 1.48 bits per heavy atom. The van der Waals surface area contributed by atoms with Gasteiger partial charge >= 0.3 is 0 Å². The third kappa shape index (κ3) is 4.16. The van der Waals surface area contributed by atoms with Gasteiger partial charge in [0.25, 0.3) is 0 Å². The van der Waals surface area contributed by atoms with E-state index >= 15 is 0 Å². The minimum Gasteiger partial charge on any atom is -0.298 e. The molecule has 2 atom stereocenters. The normalized spacial score (nSPS) is 39.3. The highest BCUT2D eigenvalue weighted by Crippen LogP contribution is 2.69. The van der Waals surface area contributed by atoms with Crippen molar-refractivity contribution in [2.45, 2.75) is 58.9 Å². The van der Waals surface area contributed by atoms with Crippen molar-refractivity contribution >= 4 is 18.2 Å². The lowest BCUT2D eigenvalue weighted by Gasteiger charge is -2.65. The quantitative estimate of drug-likeness (QED) is 0.689. The van der Waals surface area contributed by atoms with Crippen LogP contribution in [0.3, 0.4) is 0 Å². The van der Waals surface area contributed by atoms with Crippen LogP contribution >= 0.6 is 12.4 Å². The number of rotatable bonds is 5. The molecule has 1 aromatic rings. The molecule has 4 aliphatic carbocycles.